The SMILES string of the molecule is CC(C)(C)OC[C@H](NC(=O)[C@H](COC(C)(C)C)NC(=O)[C@@H]1CCCN1C(=O)CN)C(=O)NCC(=O)O. The number of likely N-dealkylation sites (tertiary alicyclic amines) is 1. The number of rotatable bonds is 12. The van der Waals surface area contributed by atoms with E-state index in [1.54, 1.807) is 41.5 Å². The monoisotopic (exact) mass is 515 g/mol. The van der Waals surface area contributed by atoms with Crippen molar-refractivity contribution in [2.45, 2.75) is 83.7 Å². The third-order valence-corrected chi connectivity index (χ3v) is 5.10. The van der Waals surface area contributed by atoms with E-state index in [2.05, 4.69) is 16.0 Å². The molecule has 0 spiro atoms. The highest BCUT2D eigenvalue weighted by atomic mass is 16.5. The summed E-state index contributed by atoms with van der Waals surface area (Å²) in [5.74, 6) is -3.64. The fourth-order valence-electron chi connectivity index (χ4n) is 3.31. The molecule has 0 aromatic rings. The van der Waals surface area contributed by atoms with Crippen LogP contribution in [0, 0.1) is 0 Å². The van der Waals surface area contributed by atoms with Crippen LogP contribution in [0.15, 0.2) is 0 Å². The van der Waals surface area contributed by atoms with Gasteiger partial charge in [-0.25, -0.2) is 0 Å². The van der Waals surface area contributed by atoms with Gasteiger partial charge in [-0.1, -0.05) is 0 Å². The molecule has 1 fully saturated rings. The minimum absolute atomic E-state index is 0.206. The molecule has 3 atom stereocenters. The number of nitrogens with one attached hydrogen (secondary N) is 3. The van der Waals surface area contributed by atoms with Gasteiger partial charge < -0.3 is 41.2 Å². The summed E-state index contributed by atoms with van der Waals surface area (Å²) in [4.78, 5) is 63.2. The lowest BCUT2D eigenvalue weighted by Gasteiger charge is -2.29. The Kier molecular flexibility index (Phi) is 11.7. The van der Waals surface area contributed by atoms with Crippen LogP contribution < -0.4 is 21.7 Å². The van der Waals surface area contributed by atoms with E-state index >= 15 is 0 Å². The Bertz CT molecular complexity index is 805. The molecule has 0 aliphatic carbocycles. The number of ether oxygens (including phenoxy) is 2. The second-order valence-corrected chi connectivity index (χ2v) is 10.5. The van der Waals surface area contributed by atoms with Gasteiger partial charge in [0.1, 0.15) is 24.7 Å². The second-order valence-electron chi connectivity index (χ2n) is 10.5. The number of carboxylic acids is 1. The average molecular weight is 516 g/mol. The van der Waals surface area contributed by atoms with E-state index < -0.39 is 59.6 Å². The molecule has 0 aromatic carbocycles. The second kappa shape index (κ2) is 13.5. The van der Waals surface area contributed by atoms with Crippen molar-refractivity contribution in [2.24, 2.45) is 5.73 Å². The van der Waals surface area contributed by atoms with Gasteiger partial charge in [0, 0.05) is 6.54 Å². The number of carboxylic acid groups (broad SMARTS) is 1. The molecule has 0 aromatic heterocycles. The van der Waals surface area contributed by atoms with Crippen LogP contribution in [-0.2, 0) is 33.4 Å². The van der Waals surface area contributed by atoms with Gasteiger partial charge in [0.25, 0.3) is 0 Å². The van der Waals surface area contributed by atoms with Crippen molar-refractivity contribution in [3.63, 3.8) is 0 Å². The van der Waals surface area contributed by atoms with Gasteiger partial charge in [0.15, 0.2) is 0 Å². The summed E-state index contributed by atoms with van der Waals surface area (Å²) in [7, 11) is 0. The van der Waals surface area contributed by atoms with Crippen molar-refractivity contribution in [2.75, 3.05) is 32.8 Å². The van der Waals surface area contributed by atoms with Gasteiger partial charge in [-0.2, -0.15) is 0 Å². The molecule has 36 heavy (non-hydrogen) atoms. The van der Waals surface area contributed by atoms with E-state index in [1.807, 2.05) is 0 Å². The quantitative estimate of drug-likeness (QED) is 0.211. The van der Waals surface area contributed by atoms with E-state index in [9.17, 15) is 24.0 Å². The number of nitrogens with zero attached hydrogens (tertiary/aromatic N) is 1. The maximum atomic E-state index is 13.2. The summed E-state index contributed by atoms with van der Waals surface area (Å²) in [6.07, 6.45) is 1.04. The number of carbonyl (C=O) groups excluding carboxylic acids is 4. The van der Waals surface area contributed by atoms with Gasteiger partial charge in [0.05, 0.1) is 31.0 Å². The number of nitrogens with two attached hydrogens (primary N) is 1. The largest absolute Gasteiger partial charge is 0.480 e. The molecule has 1 saturated heterocycles. The third-order valence-electron chi connectivity index (χ3n) is 5.10. The van der Waals surface area contributed by atoms with Crippen LogP contribution in [-0.4, -0.2) is 102 Å². The lowest BCUT2D eigenvalue weighted by molar-refractivity contribution is -0.141. The maximum Gasteiger partial charge on any atom is 0.322 e. The maximum absolute atomic E-state index is 13.2. The molecule has 0 bridgehead atoms. The highest BCUT2D eigenvalue weighted by Crippen LogP contribution is 2.18. The van der Waals surface area contributed by atoms with Crippen LogP contribution in [0.5, 0.6) is 0 Å². The van der Waals surface area contributed by atoms with Crippen LogP contribution in [0.1, 0.15) is 54.4 Å². The predicted molar refractivity (Wildman–Crippen MR) is 130 cm³/mol. The van der Waals surface area contributed by atoms with Crippen LogP contribution >= 0.6 is 0 Å². The molecule has 206 valence electrons. The first kappa shape index (κ1) is 31.3. The van der Waals surface area contributed by atoms with Gasteiger partial charge in [-0.05, 0) is 54.4 Å². The first-order valence-electron chi connectivity index (χ1n) is 11.9. The van der Waals surface area contributed by atoms with E-state index in [4.69, 9.17) is 20.3 Å². The average Bonchev–Trinajstić information content (AvgIpc) is 3.25. The first-order chi connectivity index (χ1) is 16.5. The molecule has 13 heteroatoms. The molecule has 0 saturated carbocycles. The van der Waals surface area contributed by atoms with Gasteiger partial charge >= 0.3 is 5.97 Å². The molecular formula is C23H41N5O8. The predicted octanol–water partition coefficient (Wildman–Crippen LogP) is -1.26. The Hall–Kier alpha value is -2.77. The fraction of sp³-hybridized carbons (Fsp3) is 0.783. The van der Waals surface area contributed by atoms with E-state index in [-0.39, 0.29) is 25.7 Å². The lowest BCUT2D eigenvalue weighted by Crippen LogP contribution is -2.59. The van der Waals surface area contributed by atoms with E-state index in [1.165, 1.54) is 4.90 Å². The summed E-state index contributed by atoms with van der Waals surface area (Å²) < 4.78 is 11.4. The van der Waals surface area contributed by atoms with Crippen molar-refractivity contribution < 1.29 is 38.6 Å². The van der Waals surface area contributed by atoms with E-state index in [0.29, 0.717) is 19.4 Å². The zero-order chi connectivity index (χ0) is 27.7. The number of carbonyl (C=O) groups is 5. The lowest BCUT2D eigenvalue weighted by atomic mass is 10.1. The molecule has 13 nitrogen and oxygen atoms in total. The van der Waals surface area contributed by atoms with Crippen molar-refractivity contribution in [3.05, 3.63) is 0 Å². The zero-order valence-corrected chi connectivity index (χ0v) is 22.0. The summed E-state index contributed by atoms with van der Waals surface area (Å²) >= 11 is 0. The van der Waals surface area contributed by atoms with Crippen LogP contribution in [0.4, 0.5) is 0 Å². The van der Waals surface area contributed by atoms with E-state index in [0.717, 1.165) is 0 Å². The third kappa shape index (κ3) is 11.3. The number of amides is 4. The van der Waals surface area contributed by atoms with Crippen molar-refractivity contribution in [1.29, 1.82) is 0 Å². The Balaban J connectivity index is 3.05. The summed E-state index contributed by atoms with van der Waals surface area (Å²) in [6, 6.07) is -3.20. The minimum Gasteiger partial charge on any atom is -0.480 e. The number of aliphatic carboxylic acids is 1. The Labute approximate surface area is 211 Å². The van der Waals surface area contributed by atoms with Crippen molar-refractivity contribution >= 4 is 29.6 Å². The Morgan fingerprint density at radius 1 is 0.944 bits per heavy atom. The van der Waals surface area contributed by atoms with Gasteiger partial charge in [-0.3, -0.25) is 24.0 Å². The Morgan fingerprint density at radius 2 is 1.47 bits per heavy atom. The zero-order valence-electron chi connectivity index (χ0n) is 22.0. The molecule has 1 rings (SSSR count). The summed E-state index contributed by atoms with van der Waals surface area (Å²) in [5, 5.41) is 16.2. The fourth-order valence-corrected chi connectivity index (χ4v) is 3.31. The normalized spacial score (nSPS) is 17.8. The minimum atomic E-state index is -1.25. The highest BCUT2D eigenvalue weighted by molar-refractivity contribution is 5.95. The summed E-state index contributed by atoms with van der Waals surface area (Å²) in [6.45, 7) is 9.70. The van der Waals surface area contributed by atoms with Crippen LogP contribution in [0.25, 0.3) is 0 Å². The molecule has 1 aliphatic rings. The van der Waals surface area contributed by atoms with Gasteiger partial charge in [0.2, 0.25) is 23.6 Å². The molecule has 1 heterocycles. The highest BCUT2D eigenvalue weighted by Gasteiger charge is 2.36. The van der Waals surface area contributed by atoms with Crippen molar-refractivity contribution in [1.82, 2.24) is 20.9 Å². The molecule has 6 N–H and O–H groups in total. The van der Waals surface area contributed by atoms with Gasteiger partial charge in [-0.15, -0.1) is 0 Å². The summed E-state index contributed by atoms with van der Waals surface area (Å²) in [5.41, 5.74) is 4.18. The first-order valence-corrected chi connectivity index (χ1v) is 11.9. The topological polar surface area (TPSA) is 189 Å². The van der Waals surface area contributed by atoms with Crippen LogP contribution in [0.2, 0.25) is 0 Å². The Morgan fingerprint density at radius 3 is 1.94 bits per heavy atom. The number of hydrogen-bond donors (Lipinski definition) is 5. The molecule has 4 amide bonds. The van der Waals surface area contributed by atoms with Crippen molar-refractivity contribution in [3.8, 4) is 0 Å². The molecule has 0 radical (unpaired) electrons. The number of hydrogen-bond acceptors (Lipinski definition) is 8. The standard InChI is InChI=1S/C23H41N5O8/c1-22(2,3)35-12-14(19(32)25-11-18(30)31)26-20(33)15(13-36-23(4,5)6)27-21(34)16-8-7-9-28(16)17(29)10-24/h14-16H,7-13,24H2,1-6H3,(H,25,32)(H,26,33)(H,27,34)(H,30,31)/t14-,15-,16-/m0/s1. The smallest absolute Gasteiger partial charge is 0.322 e. The molecule has 0 unspecified atom stereocenters. The molecule has 1 aliphatic heterocycles. The van der Waals surface area contributed by atoms with Crippen LogP contribution in [0.3, 0.4) is 0 Å². The molecular weight excluding hydrogens is 474 g/mol.